The summed E-state index contributed by atoms with van der Waals surface area (Å²) < 4.78 is 1.87. The predicted molar refractivity (Wildman–Crippen MR) is 66.3 cm³/mol. The van der Waals surface area contributed by atoms with Crippen molar-refractivity contribution in [2.24, 2.45) is 12.5 Å². The molecule has 1 rings (SSSR count). The van der Waals surface area contributed by atoms with E-state index in [1.54, 1.807) is 6.33 Å². The van der Waals surface area contributed by atoms with Crippen LogP contribution in [0.4, 0.5) is 0 Å². The summed E-state index contributed by atoms with van der Waals surface area (Å²) in [5, 5.41) is 7.57. The maximum absolute atomic E-state index is 4.32. The topological polar surface area (TPSA) is 42.7 Å². The van der Waals surface area contributed by atoms with Gasteiger partial charge in [0.15, 0.2) is 0 Å². The molecule has 0 aliphatic heterocycles. The highest BCUT2D eigenvalue weighted by Crippen LogP contribution is 2.26. The summed E-state index contributed by atoms with van der Waals surface area (Å²) in [4.78, 5) is 4.32. The van der Waals surface area contributed by atoms with Crippen molar-refractivity contribution in [2.75, 3.05) is 13.1 Å². The van der Waals surface area contributed by atoms with Gasteiger partial charge in [0.05, 0.1) is 0 Å². The van der Waals surface area contributed by atoms with E-state index in [1.165, 1.54) is 12.8 Å². The smallest absolute Gasteiger partial charge is 0.138 e. The maximum Gasteiger partial charge on any atom is 0.138 e. The first kappa shape index (κ1) is 13.2. The minimum atomic E-state index is 0.283. The summed E-state index contributed by atoms with van der Waals surface area (Å²) in [6, 6.07) is 0. The van der Waals surface area contributed by atoms with Gasteiger partial charge in [0.1, 0.15) is 12.2 Å². The fourth-order valence-electron chi connectivity index (χ4n) is 2.13. The molecule has 16 heavy (non-hydrogen) atoms. The molecule has 1 aromatic rings. The molecule has 0 spiro atoms. The van der Waals surface area contributed by atoms with Crippen LogP contribution in [0.3, 0.4) is 0 Å². The molecular weight excluding hydrogens is 200 g/mol. The molecule has 1 heterocycles. The lowest BCUT2D eigenvalue weighted by Crippen LogP contribution is -2.34. The van der Waals surface area contributed by atoms with Crippen molar-refractivity contribution in [2.45, 2.75) is 40.0 Å². The predicted octanol–water partition coefficient (Wildman–Crippen LogP) is 1.77. The Morgan fingerprint density at radius 1 is 1.44 bits per heavy atom. The Morgan fingerprint density at radius 3 is 2.69 bits per heavy atom. The third kappa shape index (κ3) is 3.59. The molecule has 0 amide bonds. The van der Waals surface area contributed by atoms with Gasteiger partial charge in [-0.15, -0.1) is 0 Å². The zero-order valence-electron chi connectivity index (χ0n) is 11.0. The summed E-state index contributed by atoms with van der Waals surface area (Å²) in [5.74, 6) is 1.08. The van der Waals surface area contributed by atoms with Crippen LogP contribution in [0.2, 0.25) is 0 Å². The Kier molecular flexibility index (Phi) is 4.93. The lowest BCUT2D eigenvalue weighted by Gasteiger charge is -2.29. The van der Waals surface area contributed by atoms with Gasteiger partial charge >= 0.3 is 0 Å². The Labute approximate surface area is 98.5 Å². The van der Waals surface area contributed by atoms with E-state index in [9.17, 15) is 0 Å². The van der Waals surface area contributed by atoms with Gasteiger partial charge in [0, 0.05) is 20.0 Å². The molecule has 0 radical (unpaired) electrons. The zero-order chi connectivity index (χ0) is 12.0. The summed E-state index contributed by atoms with van der Waals surface area (Å²) in [5.41, 5.74) is 0.283. The fraction of sp³-hybridized carbons (Fsp3) is 0.833. The molecule has 0 fully saturated rings. The van der Waals surface area contributed by atoms with E-state index in [1.807, 2.05) is 11.7 Å². The molecule has 1 aromatic heterocycles. The Bertz CT molecular complexity index is 308. The molecule has 92 valence electrons. The third-order valence-corrected chi connectivity index (χ3v) is 3.05. The summed E-state index contributed by atoms with van der Waals surface area (Å²) >= 11 is 0. The van der Waals surface area contributed by atoms with Gasteiger partial charge in [-0.2, -0.15) is 5.10 Å². The highest BCUT2D eigenvalue weighted by Gasteiger charge is 2.25. The normalized spacial score (nSPS) is 15.0. The van der Waals surface area contributed by atoms with Crippen LogP contribution in [0, 0.1) is 5.41 Å². The van der Waals surface area contributed by atoms with E-state index in [2.05, 4.69) is 36.2 Å². The average molecular weight is 224 g/mol. The standard InChI is InChI=1S/C12H24N4/c1-5-7-12(3,9-13-6-2)8-11-14-10-15-16(11)4/h10,13H,5-9H2,1-4H3. The number of nitrogens with zero attached hydrogens (tertiary/aromatic N) is 3. The lowest BCUT2D eigenvalue weighted by atomic mass is 9.82. The average Bonchev–Trinajstić information content (AvgIpc) is 2.62. The van der Waals surface area contributed by atoms with Crippen LogP contribution < -0.4 is 5.32 Å². The number of aryl methyl sites for hydroxylation is 1. The van der Waals surface area contributed by atoms with Crippen molar-refractivity contribution in [3.63, 3.8) is 0 Å². The maximum atomic E-state index is 4.32. The van der Waals surface area contributed by atoms with Gasteiger partial charge in [-0.1, -0.05) is 27.2 Å². The van der Waals surface area contributed by atoms with Crippen LogP contribution in [0.5, 0.6) is 0 Å². The number of nitrogens with one attached hydrogen (secondary N) is 1. The monoisotopic (exact) mass is 224 g/mol. The van der Waals surface area contributed by atoms with Crippen molar-refractivity contribution in [1.29, 1.82) is 0 Å². The van der Waals surface area contributed by atoms with Gasteiger partial charge in [-0.05, 0) is 18.4 Å². The first-order valence-electron chi connectivity index (χ1n) is 6.15. The van der Waals surface area contributed by atoms with E-state index in [4.69, 9.17) is 0 Å². The van der Waals surface area contributed by atoms with Crippen molar-refractivity contribution in [1.82, 2.24) is 20.1 Å². The molecule has 0 aromatic carbocycles. The van der Waals surface area contributed by atoms with Crippen molar-refractivity contribution in [3.05, 3.63) is 12.2 Å². The molecule has 1 atom stereocenters. The van der Waals surface area contributed by atoms with E-state index < -0.39 is 0 Å². The highest BCUT2D eigenvalue weighted by atomic mass is 15.3. The quantitative estimate of drug-likeness (QED) is 0.767. The summed E-state index contributed by atoms with van der Waals surface area (Å²) in [7, 11) is 1.96. The number of rotatable bonds is 7. The van der Waals surface area contributed by atoms with Gasteiger partial charge in [0.2, 0.25) is 0 Å². The van der Waals surface area contributed by atoms with Crippen LogP contribution in [-0.2, 0) is 13.5 Å². The second-order valence-electron chi connectivity index (χ2n) is 4.82. The molecule has 1 unspecified atom stereocenters. The molecule has 4 heteroatoms. The summed E-state index contributed by atoms with van der Waals surface area (Å²) in [6.07, 6.45) is 5.05. The number of hydrogen-bond acceptors (Lipinski definition) is 3. The Balaban J connectivity index is 2.66. The van der Waals surface area contributed by atoms with Crippen LogP contribution >= 0.6 is 0 Å². The van der Waals surface area contributed by atoms with Crippen molar-refractivity contribution < 1.29 is 0 Å². The van der Waals surface area contributed by atoms with Crippen molar-refractivity contribution >= 4 is 0 Å². The second kappa shape index (κ2) is 5.99. The van der Waals surface area contributed by atoms with Crippen molar-refractivity contribution in [3.8, 4) is 0 Å². The van der Waals surface area contributed by atoms with E-state index in [-0.39, 0.29) is 5.41 Å². The van der Waals surface area contributed by atoms with Crippen LogP contribution in [-0.4, -0.2) is 27.9 Å². The van der Waals surface area contributed by atoms with E-state index in [0.717, 1.165) is 25.3 Å². The van der Waals surface area contributed by atoms with Gasteiger partial charge in [-0.25, -0.2) is 4.98 Å². The van der Waals surface area contributed by atoms with Gasteiger partial charge in [-0.3, -0.25) is 4.68 Å². The molecule has 0 saturated heterocycles. The second-order valence-corrected chi connectivity index (χ2v) is 4.82. The Hall–Kier alpha value is -0.900. The summed E-state index contributed by atoms with van der Waals surface area (Å²) in [6.45, 7) is 8.78. The fourth-order valence-corrected chi connectivity index (χ4v) is 2.13. The minimum absolute atomic E-state index is 0.283. The molecule has 4 nitrogen and oxygen atoms in total. The lowest BCUT2D eigenvalue weighted by molar-refractivity contribution is 0.269. The van der Waals surface area contributed by atoms with Crippen LogP contribution in [0.1, 0.15) is 39.4 Å². The van der Waals surface area contributed by atoms with Gasteiger partial charge < -0.3 is 5.32 Å². The first-order valence-corrected chi connectivity index (χ1v) is 6.15. The zero-order valence-corrected chi connectivity index (χ0v) is 11.0. The number of hydrogen-bond donors (Lipinski definition) is 1. The number of aromatic nitrogens is 3. The molecule has 0 bridgehead atoms. The van der Waals surface area contributed by atoms with Crippen LogP contribution in [0.15, 0.2) is 6.33 Å². The largest absolute Gasteiger partial charge is 0.316 e. The minimum Gasteiger partial charge on any atom is -0.316 e. The first-order chi connectivity index (χ1) is 7.61. The van der Waals surface area contributed by atoms with Gasteiger partial charge in [0.25, 0.3) is 0 Å². The van der Waals surface area contributed by atoms with Crippen LogP contribution in [0.25, 0.3) is 0 Å². The van der Waals surface area contributed by atoms with E-state index >= 15 is 0 Å². The Morgan fingerprint density at radius 2 is 2.19 bits per heavy atom. The molecule has 0 saturated carbocycles. The molecular formula is C12H24N4. The molecule has 1 N–H and O–H groups in total. The highest BCUT2D eigenvalue weighted by molar-refractivity contribution is 4.92. The third-order valence-electron chi connectivity index (χ3n) is 3.05. The molecule has 0 aliphatic rings. The van der Waals surface area contributed by atoms with E-state index in [0.29, 0.717) is 0 Å². The molecule has 0 aliphatic carbocycles. The SMILES string of the molecule is CCCC(C)(CNCC)Cc1ncnn1C.